The highest BCUT2D eigenvalue weighted by Crippen LogP contribution is 2.11. The molecule has 7 nitrogen and oxygen atoms in total. The Balaban J connectivity index is 2.82. The zero-order valence-electron chi connectivity index (χ0n) is 11.5. The Morgan fingerprint density at radius 1 is 1.21 bits per heavy atom. The molecule has 19 heavy (non-hydrogen) atoms. The molecule has 0 saturated carbocycles. The molecule has 0 radical (unpaired) electrons. The highest BCUT2D eigenvalue weighted by Gasteiger charge is 2.17. The third-order valence-corrected chi connectivity index (χ3v) is 3.37. The van der Waals surface area contributed by atoms with Gasteiger partial charge in [-0.25, -0.2) is 9.78 Å². The number of fused-ring (bicyclic) bond motifs is 1. The molecule has 2 rings (SSSR count). The third-order valence-electron chi connectivity index (χ3n) is 3.37. The van der Waals surface area contributed by atoms with Gasteiger partial charge in [0.15, 0.2) is 11.2 Å². The van der Waals surface area contributed by atoms with Crippen molar-refractivity contribution in [2.24, 2.45) is 19.8 Å². The van der Waals surface area contributed by atoms with Crippen molar-refractivity contribution in [3.63, 3.8) is 0 Å². The lowest BCUT2D eigenvalue weighted by atomic mass is 10.3. The molecule has 0 amide bonds. The van der Waals surface area contributed by atoms with Gasteiger partial charge in [0.1, 0.15) is 5.82 Å². The van der Waals surface area contributed by atoms with Gasteiger partial charge in [-0.15, -0.1) is 0 Å². The Kier molecular flexibility index (Phi) is 3.57. The van der Waals surface area contributed by atoms with E-state index in [4.69, 9.17) is 5.73 Å². The smallest absolute Gasteiger partial charge is 0.330 e. The summed E-state index contributed by atoms with van der Waals surface area (Å²) in [6, 6.07) is 0. The summed E-state index contributed by atoms with van der Waals surface area (Å²) in [7, 11) is 3.29. The zero-order chi connectivity index (χ0) is 14.2. The van der Waals surface area contributed by atoms with Crippen LogP contribution in [0.1, 0.15) is 19.2 Å². The maximum absolute atomic E-state index is 12.2. The molecule has 2 aromatic heterocycles. The molecule has 0 aliphatic heterocycles. The molecular formula is C12H19N5O2. The molecule has 0 atom stereocenters. The van der Waals surface area contributed by atoms with E-state index in [1.54, 1.807) is 11.6 Å². The van der Waals surface area contributed by atoms with Gasteiger partial charge in [-0.05, 0) is 19.9 Å². The number of nitrogens with zero attached hydrogens (tertiary/aromatic N) is 4. The van der Waals surface area contributed by atoms with Crippen molar-refractivity contribution in [3.8, 4) is 0 Å². The summed E-state index contributed by atoms with van der Waals surface area (Å²) in [4.78, 5) is 28.7. The fourth-order valence-electron chi connectivity index (χ4n) is 2.24. The van der Waals surface area contributed by atoms with Crippen LogP contribution in [0.4, 0.5) is 0 Å². The van der Waals surface area contributed by atoms with Crippen LogP contribution in [0.5, 0.6) is 0 Å². The highest BCUT2D eigenvalue weighted by molar-refractivity contribution is 5.71. The van der Waals surface area contributed by atoms with Crippen molar-refractivity contribution < 1.29 is 0 Å². The highest BCUT2D eigenvalue weighted by atomic mass is 16.2. The molecule has 0 saturated heterocycles. The Bertz CT molecular complexity index is 722. The number of aromatic nitrogens is 4. The third kappa shape index (κ3) is 1.99. The second-order valence-corrected chi connectivity index (χ2v) is 4.54. The van der Waals surface area contributed by atoms with Gasteiger partial charge in [0, 0.05) is 27.1 Å². The van der Waals surface area contributed by atoms with Gasteiger partial charge >= 0.3 is 5.69 Å². The molecule has 7 heteroatoms. The van der Waals surface area contributed by atoms with Crippen molar-refractivity contribution >= 4 is 11.2 Å². The van der Waals surface area contributed by atoms with E-state index in [0.29, 0.717) is 30.7 Å². The molecule has 0 unspecified atom stereocenters. The molecule has 2 N–H and O–H groups in total. The quantitative estimate of drug-likeness (QED) is 0.795. The summed E-state index contributed by atoms with van der Waals surface area (Å²) < 4.78 is 4.40. The van der Waals surface area contributed by atoms with Crippen LogP contribution in [0.3, 0.4) is 0 Å². The second kappa shape index (κ2) is 5.00. The van der Waals surface area contributed by atoms with E-state index in [9.17, 15) is 9.59 Å². The first kappa shape index (κ1) is 13.5. The summed E-state index contributed by atoms with van der Waals surface area (Å²) in [5.74, 6) is 0.783. The molecular weight excluding hydrogens is 246 g/mol. The van der Waals surface area contributed by atoms with Gasteiger partial charge < -0.3 is 10.3 Å². The SMILES string of the molecule is CCn1c(=O)n(C)c(=O)c2c1nc(CCCN)n2C. The van der Waals surface area contributed by atoms with E-state index in [2.05, 4.69) is 4.98 Å². The van der Waals surface area contributed by atoms with Crippen LogP contribution in [0.15, 0.2) is 9.59 Å². The summed E-state index contributed by atoms with van der Waals surface area (Å²) in [6.45, 7) is 2.91. The van der Waals surface area contributed by atoms with Crippen molar-refractivity contribution in [2.75, 3.05) is 6.54 Å². The van der Waals surface area contributed by atoms with Crippen LogP contribution in [0, 0.1) is 0 Å². The van der Waals surface area contributed by atoms with E-state index in [-0.39, 0.29) is 11.2 Å². The first-order valence-corrected chi connectivity index (χ1v) is 6.38. The van der Waals surface area contributed by atoms with E-state index in [1.165, 1.54) is 11.6 Å². The Hall–Kier alpha value is -1.89. The molecule has 104 valence electrons. The molecule has 0 aromatic carbocycles. The van der Waals surface area contributed by atoms with Crippen LogP contribution < -0.4 is 17.0 Å². The minimum Gasteiger partial charge on any atom is -0.330 e. The van der Waals surface area contributed by atoms with Crippen LogP contribution in [-0.4, -0.2) is 25.2 Å². The zero-order valence-corrected chi connectivity index (χ0v) is 11.5. The maximum Gasteiger partial charge on any atom is 0.332 e. The molecule has 0 aliphatic rings. The van der Waals surface area contributed by atoms with Gasteiger partial charge in [-0.2, -0.15) is 0 Å². The Morgan fingerprint density at radius 2 is 1.89 bits per heavy atom. The fraction of sp³-hybridized carbons (Fsp3) is 0.583. The van der Waals surface area contributed by atoms with Crippen molar-refractivity contribution in [3.05, 3.63) is 26.7 Å². The van der Waals surface area contributed by atoms with Crippen molar-refractivity contribution in [2.45, 2.75) is 26.3 Å². The first-order chi connectivity index (χ1) is 9.02. The van der Waals surface area contributed by atoms with Crippen molar-refractivity contribution in [1.82, 2.24) is 18.7 Å². The lowest BCUT2D eigenvalue weighted by Crippen LogP contribution is -2.38. The summed E-state index contributed by atoms with van der Waals surface area (Å²) >= 11 is 0. The standard InChI is InChI=1S/C12H19N5O2/c1-4-17-10-9(11(18)16(3)12(17)19)15(2)8(14-10)6-5-7-13/h4-7,13H2,1-3H3. The van der Waals surface area contributed by atoms with Gasteiger partial charge in [0.05, 0.1) is 0 Å². The molecule has 2 aromatic rings. The second-order valence-electron chi connectivity index (χ2n) is 4.54. The molecule has 0 bridgehead atoms. The minimum absolute atomic E-state index is 0.307. The number of hydrogen-bond donors (Lipinski definition) is 1. The van der Waals surface area contributed by atoms with Crippen LogP contribution in [0.25, 0.3) is 11.2 Å². The topological polar surface area (TPSA) is 87.8 Å². The number of rotatable bonds is 4. The fourth-order valence-corrected chi connectivity index (χ4v) is 2.24. The minimum atomic E-state index is -0.330. The lowest BCUT2D eigenvalue weighted by Gasteiger charge is -2.06. The number of imidazole rings is 1. The average Bonchev–Trinajstić information content (AvgIpc) is 2.72. The summed E-state index contributed by atoms with van der Waals surface area (Å²) in [6.07, 6.45) is 1.50. The first-order valence-electron chi connectivity index (χ1n) is 6.38. The van der Waals surface area contributed by atoms with Crippen LogP contribution >= 0.6 is 0 Å². The van der Waals surface area contributed by atoms with Gasteiger partial charge in [0.2, 0.25) is 0 Å². The van der Waals surface area contributed by atoms with Gasteiger partial charge in [-0.1, -0.05) is 0 Å². The van der Waals surface area contributed by atoms with E-state index >= 15 is 0 Å². The van der Waals surface area contributed by atoms with Crippen molar-refractivity contribution in [1.29, 1.82) is 0 Å². The van der Waals surface area contributed by atoms with Gasteiger partial charge in [0.25, 0.3) is 5.56 Å². The predicted molar refractivity (Wildman–Crippen MR) is 73.3 cm³/mol. The Labute approximate surface area is 110 Å². The lowest BCUT2D eigenvalue weighted by molar-refractivity contribution is 0.651. The molecule has 2 heterocycles. The number of aryl methyl sites for hydroxylation is 3. The molecule has 0 fully saturated rings. The Morgan fingerprint density at radius 3 is 2.47 bits per heavy atom. The molecule has 0 aliphatic carbocycles. The van der Waals surface area contributed by atoms with Crippen LogP contribution in [0.2, 0.25) is 0 Å². The summed E-state index contributed by atoms with van der Waals surface area (Å²) in [5.41, 5.74) is 5.79. The predicted octanol–water partition coefficient (Wildman–Crippen LogP) is -0.655. The van der Waals surface area contributed by atoms with E-state index < -0.39 is 0 Å². The number of nitrogens with two attached hydrogens (primary N) is 1. The normalized spacial score (nSPS) is 11.4. The van der Waals surface area contributed by atoms with E-state index in [1.807, 2.05) is 6.92 Å². The maximum atomic E-state index is 12.2. The average molecular weight is 265 g/mol. The van der Waals surface area contributed by atoms with Crippen LogP contribution in [-0.2, 0) is 27.1 Å². The monoisotopic (exact) mass is 265 g/mol. The van der Waals surface area contributed by atoms with Gasteiger partial charge in [-0.3, -0.25) is 13.9 Å². The largest absolute Gasteiger partial charge is 0.332 e. The number of hydrogen-bond acceptors (Lipinski definition) is 4. The summed E-state index contributed by atoms with van der Waals surface area (Å²) in [5, 5.41) is 0. The van der Waals surface area contributed by atoms with E-state index in [0.717, 1.165) is 16.8 Å². The molecule has 0 spiro atoms.